The van der Waals surface area contributed by atoms with Crippen LogP contribution in [0.1, 0.15) is 72.3 Å². The first kappa shape index (κ1) is 33.3. The van der Waals surface area contributed by atoms with E-state index in [0.29, 0.717) is 11.8 Å². The van der Waals surface area contributed by atoms with Crippen LogP contribution in [0.3, 0.4) is 0 Å². The van der Waals surface area contributed by atoms with Crippen molar-refractivity contribution in [2.75, 3.05) is 26.7 Å². The van der Waals surface area contributed by atoms with Crippen molar-refractivity contribution in [3.05, 3.63) is 34.9 Å². The minimum absolute atomic E-state index is 0. The number of nitrogens with one attached hydrogen (secondary N) is 1. The molecule has 0 spiro atoms. The van der Waals surface area contributed by atoms with Gasteiger partial charge < -0.3 is 25.9 Å². The monoisotopic (exact) mass is 514 g/mol. The van der Waals surface area contributed by atoms with Crippen molar-refractivity contribution in [3.8, 4) is 0 Å². The van der Waals surface area contributed by atoms with Gasteiger partial charge in [0.15, 0.2) is 0 Å². The highest BCUT2D eigenvalue weighted by atomic mass is 35.5. The van der Waals surface area contributed by atoms with Crippen molar-refractivity contribution in [3.63, 3.8) is 0 Å². The first-order valence-corrected chi connectivity index (χ1v) is 12.4. The fourth-order valence-corrected chi connectivity index (χ4v) is 5.72. The molecule has 7 nitrogen and oxygen atoms in total. The Morgan fingerprint density at radius 3 is 2.31 bits per heavy atom. The van der Waals surface area contributed by atoms with Gasteiger partial charge in [-0.15, -0.1) is 0 Å². The molecule has 0 aromatic heterocycles. The molecule has 1 aliphatic heterocycles. The average molecular weight is 515 g/mol. The SMILES string of the molecule is C.COC(=O)C1CCC(CN[C@@H](C(=O)N2CCC(c3ccc(Cl)cc3)C(C)(C)C2)C(C)C)C1.O.O. The predicted molar refractivity (Wildman–Crippen MR) is 143 cm³/mol. The van der Waals surface area contributed by atoms with Gasteiger partial charge in [0.2, 0.25) is 5.91 Å². The summed E-state index contributed by atoms with van der Waals surface area (Å²) in [5.74, 6) is 1.13. The summed E-state index contributed by atoms with van der Waals surface area (Å²) in [6.07, 6.45) is 3.68. The molecular weight excluding hydrogens is 468 g/mol. The van der Waals surface area contributed by atoms with Crippen LogP contribution in [0, 0.1) is 23.2 Å². The van der Waals surface area contributed by atoms with Crippen LogP contribution in [0.2, 0.25) is 5.02 Å². The molecule has 0 radical (unpaired) electrons. The number of hydrogen-bond donors (Lipinski definition) is 1. The summed E-state index contributed by atoms with van der Waals surface area (Å²) in [4.78, 5) is 27.4. The lowest BCUT2D eigenvalue weighted by Gasteiger charge is -2.46. The molecular formula is C27H47ClN2O5. The molecule has 3 unspecified atom stereocenters. The number of nitrogens with zero attached hydrogens (tertiary/aromatic N) is 1. The number of halogens is 1. The first-order chi connectivity index (χ1) is 15.1. The Kier molecular flexibility index (Phi) is 13.5. The van der Waals surface area contributed by atoms with Crippen LogP contribution in [0.15, 0.2) is 24.3 Å². The van der Waals surface area contributed by atoms with E-state index in [1.54, 1.807) is 0 Å². The van der Waals surface area contributed by atoms with Gasteiger partial charge in [0.05, 0.1) is 19.1 Å². The molecule has 1 aliphatic carbocycles. The number of methoxy groups -OCH3 is 1. The van der Waals surface area contributed by atoms with E-state index in [1.807, 2.05) is 12.1 Å². The van der Waals surface area contributed by atoms with Gasteiger partial charge >= 0.3 is 5.97 Å². The molecule has 1 saturated heterocycles. The number of carbonyl (C=O) groups is 2. The van der Waals surface area contributed by atoms with Gasteiger partial charge in [-0.05, 0) is 73.1 Å². The first-order valence-electron chi connectivity index (χ1n) is 12.0. The van der Waals surface area contributed by atoms with Crippen LogP contribution in [0.25, 0.3) is 0 Å². The summed E-state index contributed by atoms with van der Waals surface area (Å²) in [6, 6.07) is 7.95. The Bertz CT molecular complexity index is 799. The van der Waals surface area contributed by atoms with Crippen molar-refractivity contribution >= 4 is 23.5 Å². The number of amides is 1. The smallest absolute Gasteiger partial charge is 0.308 e. The average Bonchev–Trinajstić information content (AvgIpc) is 3.22. The molecule has 1 amide bonds. The Morgan fingerprint density at radius 1 is 1.14 bits per heavy atom. The third-order valence-electron chi connectivity index (χ3n) is 7.45. The second-order valence-corrected chi connectivity index (χ2v) is 11.1. The second-order valence-electron chi connectivity index (χ2n) is 10.7. The maximum atomic E-state index is 13.5. The van der Waals surface area contributed by atoms with E-state index in [9.17, 15) is 9.59 Å². The molecule has 0 bridgehead atoms. The minimum atomic E-state index is -0.199. The number of esters is 1. The van der Waals surface area contributed by atoms with E-state index in [1.165, 1.54) is 12.7 Å². The molecule has 35 heavy (non-hydrogen) atoms. The van der Waals surface area contributed by atoms with E-state index in [0.717, 1.165) is 50.3 Å². The fourth-order valence-electron chi connectivity index (χ4n) is 5.60. The summed E-state index contributed by atoms with van der Waals surface area (Å²) in [5.41, 5.74) is 1.29. The number of likely N-dealkylation sites (tertiary alicyclic amines) is 1. The highest BCUT2D eigenvalue weighted by Gasteiger charge is 2.40. The van der Waals surface area contributed by atoms with E-state index in [4.69, 9.17) is 16.3 Å². The zero-order valence-corrected chi connectivity index (χ0v) is 22.0. The number of rotatable bonds is 7. The molecule has 2 aliphatic rings. The van der Waals surface area contributed by atoms with Gasteiger partial charge in [-0.2, -0.15) is 0 Å². The number of benzene rings is 1. The van der Waals surface area contributed by atoms with Crippen LogP contribution < -0.4 is 5.32 Å². The maximum absolute atomic E-state index is 13.5. The van der Waals surface area contributed by atoms with Gasteiger partial charge in [-0.1, -0.05) is 58.9 Å². The predicted octanol–water partition coefficient (Wildman–Crippen LogP) is 3.87. The van der Waals surface area contributed by atoms with Crippen LogP contribution >= 0.6 is 11.6 Å². The molecule has 3 rings (SSSR count). The Hall–Kier alpha value is -1.67. The number of ether oxygens (including phenoxy) is 1. The van der Waals surface area contributed by atoms with Crippen LogP contribution in [-0.4, -0.2) is 60.5 Å². The van der Waals surface area contributed by atoms with Crippen LogP contribution in [0.4, 0.5) is 0 Å². The lowest BCUT2D eigenvalue weighted by atomic mass is 9.70. The number of hydrogen-bond acceptors (Lipinski definition) is 4. The van der Waals surface area contributed by atoms with Crippen molar-refractivity contribution < 1.29 is 25.3 Å². The highest BCUT2D eigenvalue weighted by molar-refractivity contribution is 6.30. The van der Waals surface area contributed by atoms with Crippen molar-refractivity contribution in [2.24, 2.45) is 23.2 Å². The molecule has 1 heterocycles. The lowest BCUT2D eigenvalue weighted by molar-refractivity contribution is -0.145. The molecule has 1 saturated carbocycles. The zero-order chi connectivity index (χ0) is 23.5. The fraction of sp³-hybridized carbons (Fsp3) is 0.704. The van der Waals surface area contributed by atoms with E-state index < -0.39 is 0 Å². The quantitative estimate of drug-likeness (QED) is 0.555. The highest BCUT2D eigenvalue weighted by Crippen LogP contribution is 2.42. The largest absolute Gasteiger partial charge is 0.469 e. The van der Waals surface area contributed by atoms with Crippen LogP contribution in [-0.2, 0) is 14.3 Å². The lowest BCUT2D eigenvalue weighted by Crippen LogP contribution is -2.55. The molecule has 1 aromatic carbocycles. The maximum Gasteiger partial charge on any atom is 0.308 e. The second kappa shape index (κ2) is 14.2. The number of carbonyl (C=O) groups excluding carboxylic acids is 2. The van der Waals surface area contributed by atoms with E-state index >= 15 is 0 Å². The topological polar surface area (TPSA) is 122 Å². The van der Waals surface area contributed by atoms with Gasteiger partial charge in [-0.25, -0.2) is 0 Å². The van der Waals surface area contributed by atoms with E-state index in [-0.39, 0.29) is 53.5 Å². The molecule has 1 aromatic rings. The zero-order valence-electron chi connectivity index (χ0n) is 21.2. The molecule has 4 atom stereocenters. The minimum Gasteiger partial charge on any atom is -0.469 e. The number of piperidine rings is 1. The summed E-state index contributed by atoms with van der Waals surface area (Å²) in [7, 11) is 1.46. The van der Waals surface area contributed by atoms with Gasteiger partial charge in [0.25, 0.3) is 0 Å². The third kappa shape index (κ3) is 8.17. The van der Waals surface area contributed by atoms with Crippen molar-refractivity contribution in [2.45, 2.75) is 72.8 Å². The molecule has 202 valence electrons. The van der Waals surface area contributed by atoms with Gasteiger partial charge in [-0.3, -0.25) is 9.59 Å². The Morgan fingerprint density at radius 2 is 1.77 bits per heavy atom. The van der Waals surface area contributed by atoms with E-state index in [2.05, 4.69) is 50.0 Å². The molecule has 8 heteroatoms. The summed E-state index contributed by atoms with van der Waals surface area (Å²) in [6.45, 7) is 11.0. The standard InChI is InChI=1S/C26H39ClN2O3.CH4.2H2O/c1-17(2)23(28-15-18-6-7-20(14-18)25(31)32-5)24(30)29-13-12-22(26(3,4)16-29)19-8-10-21(27)11-9-19;;;/h8-11,17-18,20,22-23,28H,6-7,12-16H2,1-5H3;1H4;2*1H2/t18?,20?,22?,23-;;;/m1.../s1. The summed E-state index contributed by atoms with van der Waals surface area (Å²) >= 11 is 6.08. The summed E-state index contributed by atoms with van der Waals surface area (Å²) in [5, 5.41) is 4.31. The summed E-state index contributed by atoms with van der Waals surface area (Å²) < 4.78 is 4.90. The van der Waals surface area contributed by atoms with Crippen molar-refractivity contribution in [1.29, 1.82) is 0 Å². The Balaban J connectivity index is 0.00000385. The van der Waals surface area contributed by atoms with Gasteiger partial charge in [0, 0.05) is 18.1 Å². The normalized spacial score (nSPS) is 24.0. The third-order valence-corrected chi connectivity index (χ3v) is 7.70. The van der Waals surface area contributed by atoms with Crippen molar-refractivity contribution in [1.82, 2.24) is 10.2 Å². The molecule has 2 fully saturated rings. The Labute approximate surface area is 216 Å². The molecule has 5 N–H and O–H groups in total. The van der Waals surface area contributed by atoms with Gasteiger partial charge in [0.1, 0.15) is 0 Å². The van der Waals surface area contributed by atoms with Crippen LogP contribution in [0.5, 0.6) is 0 Å².